The van der Waals surface area contributed by atoms with Crippen LogP contribution in [0.2, 0.25) is 0 Å². The molecular weight excluding hydrogens is 276 g/mol. The van der Waals surface area contributed by atoms with Crippen LogP contribution in [0.4, 0.5) is 4.79 Å². The Hall–Kier alpha value is -1.63. The van der Waals surface area contributed by atoms with E-state index in [9.17, 15) is 14.4 Å². The lowest BCUT2D eigenvalue weighted by atomic mass is 9.96. The van der Waals surface area contributed by atoms with E-state index in [1.807, 2.05) is 0 Å². The third kappa shape index (κ3) is 6.12. The zero-order valence-corrected chi connectivity index (χ0v) is 12.6. The van der Waals surface area contributed by atoms with Crippen LogP contribution in [0.5, 0.6) is 0 Å². The highest BCUT2D eigenvalue weighted by Gasteiger charge is 2.29. The molecule has 2 N–H and O–H groups in total. The van der Waals surface area contributed by atoms with E-state index in [1.165, 1.54) is 0 Å². The molecule has 0 aliphatic carbocycles. The highest BCUT2D eigenvalue weighted by atomic mass is 16.5. The molecule has 0 aromatic rings. The molecule has 1 saturated heterocycles. The van der Waals surface area contributed by atoms with Crippen LogP contribution in [0.25, 0.3) is 0 Å². The molecular formula is C14H24N2O5. The molecule has 1 aliphatic heterocycles. The molecule has 0 spiro atoms. The number of carbonyl (C=O) groups is 3. The first-order valence-electron chi connectivity index (χ1n) is 7.27. The second-order valence-electron chi connectivity index (χ2n) is 5.44. The summed E-state index contributed by atoms with van der Waals surface area (Å²) in [7, 11) is 1.62. The van der Waals surface area contributed by atoms with E-state index in [0.717, 1.165) is 6.42 Å². The molecule has 0 bridgehead atoms. The summed E-state index contributed by atoms with van der Waals surface area (Å²) in [5.74, 6) is -0.844. The van der Waals surface area contributed by atoms with Crippen LogP contribution < -0.4 is 5.32 Å². The number of carboxylic acids is 1. The minimum Gasteiger partial charge on any atom is -0.481 e. The van der Waals surface area contributed by atoms with E-state index in [4.69, 9.17) is 9.84 Å². The number of hydrogen-bond acceptors (Lipinski definition) is 4. The molecule has 21 heavy (non-hydrogen) atoms. The largest absolute Gasteiger partial charge is 0.481 e. The maximum Gasteiger partial charge on any atom is 0.324 e. The number of nitrogens with one attached hydrogen (secondary N) is 1. The van der Waals surface area contributed by atoms with Gasteiger partial charge >= 0.3 is 12.0 Å². The van der Waals surface area contributed by atoms with Gasteiger partial charge < -0.3 is 14.7 Å². The number of methoxy groups -OCH3 is 1. The van der Waals surface area contributed by atoms with Crippen LogP contribution in [0.1, 0.15) is 39.0 Å². The number of urea groups is 1. The number of imide groups is 1. The predicted molar refractivity (Wildman–Crippen MR) is 75.8 cm³/mol. The summed E-state index contributed by atoms with van der Waals surface area (Å²) in [4.78, 5) is 35.5. The summed E-state index contributed by atoms with van der Waals surface area (Å²) in [6, 6.07) is -0.396. The van der Waals surface area contributed by atoms with Crippen molar-refractivity contribution >= 4 is 17.9 Å². The van der Waals surface area contributed by atoms with Crippen LogP contribution >= 0.6 is 0 Å². The van der Waals surface area contributed by atoms with Crippen molar-refractivity contribution in [1.29, 1.82) is 0 Å². The predicted octanol–water partition coefficient (Wildman–Crippen LogP) is 1.22. The fourth-order valence-corrected chi connectivity index (χ4v) is 2.35. The van der Waals surface area contributed by atoms with Gasteiger partial charge in [0.2, 0.25) is 5.91 Å². The molecule has 0 aromatic carbocycles. The third-order valence-electron chi connectivity index (χ3n) is 3.77. The Morgan fingerprint density at radius 2 is 1.95 bits per heavy atom. The Kier molecular flexibility index (Phi) is 7.14. The van der Waals surface area contributed by atoms with Gasteiger partial charge in [0.1, 0.15) is 0 Å². The van der Waals surface area contributed by atoms with Gasteiger partial charge in [-0.3, -0.25) is 14.9 Å². The molecule has 7 heteroatoms. The van der Waals surface area contributed by atoms with Gasteiger partial charge in [0.15, 0.2) is 0 Å². The number of ether oxygens (including phenoxy) is 1. The lowest BCUT2D eigenvalue weighted by molar-refractivity contribution is -0.137. The van der Waals surface area contributed by atoms with Gasteiger partial charge in [-0.05, 0) is 25.2 Å². The van der Waals surface area contributed by atoms with Gasteiger partial charge in [0.25, 0.3) is 0 Å². The molecule has 0 saturated carbocycles. The zero-order valence-electron chi connectivity index (χ0n) is 12.6. The Bertz CT molecular complexity index is 386. The van der Waals surface area contributed by atoms with Crippen molar-refractivity contribution in [3.8, 4) is 0 Å². The van der Waals surface area contributed by atoms with Crippen LogP contribution in [-0.4, -0.2) is 54.2 Å². The Morgan fingerprint density at radius 3 is 2.57 bits per heavy atom. The fourth-order valence-electron chi connectivity index (χ4n) is 2.35. The van der Waals surface area contributed by atoms with Crippen molar-refractivity contribution in [1.82, 2.24) is 10.2 Å². The number of carbonyl (C=O) groups excluding carboxylic acids is 2. The molecule has 7 nitrogen and oxygen atoms in total. The first kappa shape index (κ1) is 17.4. The molecule has 2 atom stereocenters. The molecule has 1 heterocycles. The van der Waals surface area contributed by atoms with Crippen molar-refractivity contribution < 1.29 is 24.2 Å². The Balaban J connectivity index is 2.29. The normalized spacial score (nSPS) is 21.9. The van der Waals surface area contributed by atoms with E-state index >= 15 is 0 Å². The van der Waals surface area contributed by atoms with E-state index in [0.29, 0.717) is 31.8 Å². The number of amides is 3. The number of carboxylic acid groups (broad SMARTS) is 1. The van der Waals surface area contributed by atoms with Crippen LogP contribution in [0, 0.1) is 5.92 Å². The number of rotatable bonds is 6. The quantitative estimate of drug-likeness (QED) is 0.719. The maximum absolute atomic E-state index is 12.0. The van der Waals surface area contributed by atoms with E-state index < -0.39 is 12.0 Å². The lowest BCUT2D eigenvalue weighted by Crippen LogP contribution is -2.51. The van der Waals surface area contributed by atoms with Gasteiger partial charge in [0, 0.05) is 33.0 Å². The van der Waals surface area contributed by atoms with Crippen molar-refractivity contribution in [3.05, 3.63) is 0 Å². The van der Waals surface area contributed by atoms with Crippen molar-refractivity contribution in [2.75, 3.05) is 20.2 Å². The smallest absolute Gasteiger partial charge is 0.324 e. The molecule has 2 unspecified atom stereocenters. The summed E-state index contributed by atoms with van der Waals surface area (Å²) in [6.45, 7) is 3.17. The number of piperidine rings is 1. The third-order valence-corrected chi connectivity index (χ3v) is 3.77. The van der Waals surface area contributed by atoms with Gasteiger partial charge in [-0.2, -0.15) is 0 Å². The molecule has 1 rings (SSSR count). The minimum absolute atomic E-state index is 0.00447. The SMILES string of the molecule is COC1CN(C(=O)NC(=O)CCCCC(=O)O)CCC1C. The number of likely N-dealkylation sites (tertiary alicyclic amines) is 1. The van der Waals surface area contributed by atoms with Gasteiger partial charge in [0.05, 0.1) is 6.10 Å². The number of hydrogen-bond donors (Lipinski definition) is 2. The van der Waals surface area contributed by atoms with Crippen LogP contribution in [-0.2, 0) is 14.3 Å². The van der Waals surface area contributed by atoms with E-state index in [2.05, 4.69) is 12.2 Å². The highest BCUT2D eigenvalue weighted by molar-refractivity contribution is 5.94. The Morgan fingerprint density at radius 1 is 1.29 bits per heavy atom. The second kappa shape index (κ2) is 8.61. The lowest BCUT2D eigenvalue weighted by Gasteiger charge is -2.35. The van der Waals surface area contributed by atoms with Gasteiger partial charge in [-0.25, -0.2) is 4.79 Å². The average Bonchev–Trinajstić information content (AvgIpc) is 2.43. The highest BCUT2D eigenvalue weighted by Crippen LogP contribution is 2.19. The first-order valence-corrected chi connectivity index (χ1v) is 7.27. The van der Waals surface area contributed by atoms with Crippen LogP contribution in [0.3, 0.4) is 0 Å². The topological polar surface area (TPSA) is 95.9 Å². The Labute approximate surface area is 124 Å². The average molecular weight is 300 g/mol. The first-order chi connectivity index (χ1) is 9.93. The monoisotopic (exact) mass is 300 g/mol. The molecule has 0 aromatic heterocycles. The zero-order chi connectivity index (χ0) is 15.8. The van der Waals surface area contributed by atoms with E-state index in [1.54, 1.807) is 12.0 Å². The summed E-state index contributed by atoms with van der Waals surface area (Å²) < 4.78 is 5.33. The standard InChI is InChI=1S/C14H24N2O5/c1-10-7-8-16(9-11(10)21-2)14(20)15-12(17)5-3-4-6-13(18)19/h10-11H,3-9H2,1-2H3,(H,18,19)(H,15,17,20). The van der Waals surface area contributed by atoms with Crippen molar-refractivity contribution in [2.45, 2.75) is 45.1 Å². The molecule has 3 amide bonds. The second-order valence-corrected chi connectivity index (χ2v) is 5.44. The molecule has 0 radical (unpaired) electrons. The number of nitrogens with zero attached hydrogens (tertiary/aromatic N) is 1. The molecule has 1 aliphatic rings. The summed E-state index contributed by atoms with van der Waals surface area (Å²) in [5, 5.41) is 10.8. The number of unbranched alkanes of at least 4 members (excludes halogenated alkanes) is 1. The minimum atomic E-state index is -0.875. The van der Waals surface area contributed by atoms with E-state index in [-0.39, 0.29) is 24.9 Å². The maximum atomic E-state index is 12.0. The fraction of sp³-hybridized carbons (Fsp3) is 0.786. The molecule has 120 valence electrons. The van der Waals surface area contributed by atoms with Crippen LogP contribution in [0.15, 0.2) is 0 Å². The summed E-state index contributed by atoms with van der Waals surface area (Å²) >= 11 is 0. The van der Waals surface area contributed by atoms with Gasteiger partial charge in [-0.1, -0.05) is 6.92 Å². The number of aliphatic carboxylic acids is 1. The summed E-state index contributed by atoms with van der Waals surface area (Å²) in [6.07, 6.45) is 1.94. The van der Waals surface area contributed by atoms with Gasteiger partial charge in [-0.15, -0.1) is 0 Å². The molecule has 1 fully saturated rings. The van der Waals surface area contributed by atoms with Crippen molar-refractivity contribution in [3.63, 3.8) is 0 Å². The van der Waals surface area contributed by atoms with Crippen molar-refractivity contribution in [2.24, 2.45) is 5.92 Å². The summed E-state index contributed by atoms with van der Waals surface area (Å²) in [5.41, 5.74) is 0.